The topological polar surface area (TPSA) is 58.6 Å². The van der Waals surface area contributed by atoms with Crippen LogP contribution in [0.15, 0.2) is 35.3 Å². The van der Waals surface area contributed by atoms with Crippen molar-refractivity contribution in [2.24, 2.45) is 0 Å². The van der Waals surface area contributed by atoms with Crippen LogP contribution in [-0.4, -0.2) is 28.5 Å². The zero-order valence-corrected chi connectivity index (χ0v) is 11.8. The second kappa shape index (κ2) is 4.88. The quantitative estimate of drug-likeness (QED) is 0.789. The number of aryl methyl sites for hydroxylation is 1. The van der Waals surface area contributed by atoms with E-state index in [0.717, 1.165) is 35.2 Å². The second-order valence-corrected chi connectivity index (χ2v) is 4.72. The van der Waals surface area contributed by atoms with Gasteiger partial charge in [-0.15, -0.1) is 0 Å². The average molecular weight is 271 g/mol. The molecule has 0 fully saturated rings. The van der Waals surface area contributed by atoms with Crippen molar-refractivity contribution in [2.75, 3.05) is 24.3 Å². The Kier molecular flexibility index (Phi) is 3.06. The van der Waals surface area contributed by atoms with Gasteiger partial charge in [0, 0.05) is 38.6 Å². The van der Waals surface area contributed by atoms with Crippen LogP contribution in [0.4, 0.5) is 11.6 Å². The van der Waals surface area contributed by atoms with Gasteiger partial charge in [-0.25, -0.2) is 9.97 Å². The van der Waals surface area contributed by atoms with Crippen LogP contribution in [0.5, 0.6) is 0 Å². The summed E-state index contributed by atoms with van der Waals surface area (Å²) < 4.78 is 7.30. The first kappa shape index (κ1) is 12.5. The van der Waals surface area contributed by atoms with Gasteiger partial charge in [0.05, 0.1) is 12.5 Å². The molecule has 0 radical (unpaired) electrons. The van der Waals surface area contributed by atoms with Gasteiger partial charge in [-0.2, -0.15) is 0 Å². The largest absolute Gasteiger partial charge is 0.469 e. The van der Waals surface area contributed by atoms with E-state index in [1.165, 1.54) is 0 Å². The number of rotatable bonds is 4. The Labute approximate surface area is 117 Å². The summed E-state index contributed by atoms with van der Waals surface area (Å²) >= 11 is 0. The number of nitrogens with one attached hydrogen (secondary N) is 1. The zero-order valence-electron chi connectivity index (χ0n) is 11.8. The number of imidazole rings is 1. The van der Waals surface area contributed by atoms with Crippen LogP contribution >= 0.6 is 0 Å². The van der Waals surface area contributed by atoms with E-state index in [9.17, 15) is 0 Å². The SMILES string of the molecule is CNc1cn2ccnc2c(N(C)Cc2ccoc2C)n1. The summed E-state index contributed by atoms with van der Waals surface area (Å²) in [6, 6.07) is 1.98. The van der Waals surface area contributed by atoms with Gasteiger partial charge in [-0.05, 0) is 13.0 Å². The molecule has 0 atom stereocenters. The third-order valence-corrected chi connectivity index (χ3v) is 3.35. The van der Waals surface area contributed by atoms with Crippen molar-refractivity contribution in [1.29, 1.82) is 0 Å². The minimum Gasteiger partial charge on any atom is -0.469 e. The van der Waals surface area contributed by atoms with Crippen molar-refractivity contribution in [3.8, 4) is 0 Å². The molecule has 3 rings (SSSR count). The molecule has 0 spiro atoms. The first-order chi connectivity index (χ1) is 9.69. The lowest BCUT2D eigenvalue weighted by molar-refractivity contribution is 0.529. The first-order valence-electron chi connectivity index (χ1n) is 6.44. The van der Waals surface area contributed by atoms with Crippen LogP contribution < -0.4 is 10.2 Å². The first-order valence-corrected chi connectivity index (χ1v) is 6.44. The average Bonchev–Trinajstić information content (AvgIpc) is 3.06. The number of furan rings is 1. The molecule has 0 saturated heterocycles. The van der Waals surface area contributed by atoms with Gasteiger partial charge < -0.3 is 19.0 Å². The third kappa shape index (κ3) is 2.09. The molecule has 6 nitrogen and oxygen atoms in total. The molecule has 6 heteroatoms. The lowest BCUT2D eigenvalue weighted by Gasteiger charge is -2.19. The molecule has 20 heavy (non-hydrogen) atoms. The Balaban J connectivity index is 2.00. The maximum atomic E-state index is 5.34. The van der Waals surface area contributed by atoms with E-state index < -0.39 is 0 Å². The molecular weight excluding hydrogens is 254 g/mol. The zero-order chi connectivity index (χ0) is 14.1. The van der Waals surface area contributed by atoms with Crippen molar-refractivity contribution in [1.82, 2.24) is 14.4 Å². The van der Waals surface area contributed by atoms with Gasteiger partial charge in [-0.1, -0.05) is 0 Å². The highest BCUT2D eigenvalue weighted by molar-refractivity contribution is 5.66. The third-order valence-electron chi connectivity index (χ3n) is 3.35. The fraction of sp³-hybridized carbons (Fsp3) is 0.286. The smallest absolute Gasteiger partial charge is 0.180 e. The van der Waals surface area contributed by atoms with Crippen molar-refractivity contribution in [3.63, 3.8) is 0 Å². The van der Waals surface area contributed by atoms with Gasteiger partial charge in [0.2, 0.25) is 0 Å². The summed E-state index contributed by atoms with van der Waals surface area (Å²) in [5.74, 6) is 2.57. The van der Waals surface area contributed by atoms with E-state index in [4.69, 9.17) is 4.42 Å². The van der Waals surface area contributed by atoms with Gasteiger partial charge in [-0.3, -0.25) is 0 Å². The van der Waals surface area contributed by atoms with E-state index in [0.29, 0.717) is 0 Å². The standard InChI is InChI=1S/C14H17N5O/c1-10-11(4-7-20-10)8-18(3)14-13-16-5-6-19(13)9-12(15-2)17-14/h4-7,9,15H,8H2,1-3H3. The Morgan fingerprint density at radius 3 is 3.00 bits per heavy atom. The van der Waals surface area contributed by atoms with E-state index in [1.54, 1.807) is 12.5 Å². The number of fused-ring (bicyclic) bond motifs is 1. The Bertz CT molecular complexity index is 730. The number of hydrogen-bond donors (Lipinski definition) is 1. The lowest BCUT2D eigenvalue weighted by Crippen LogP contribution is -2.19. The molecule has 0 aromatic carbocycles. The van der Waals surface area contributed by atoms with Crippen LogP contribution in [-0.2, 0) is 6.54 Å². The molecule has 3 aromatic rings. The van der Waals surface area contributed by atoms with E-state index in [-0.39, 0.29) is 0 Å². The highest BCUT2D eigenvalue weighted by atomic mass is 16.3. The predicted molar refractivity (Wildman–Crippen MR) is 78.1 cm³/mol. The molecule has 3 heterocycles. The molecule has 0 amide bonds. The van der Waals surface area contributed by atoms with Gasteiger partial charge in [0.1, 0.15) is 11.6 Å². The summed E-state index contributed by atoms with van der Waals surface area (Å²) in [5, 5.41) is 3.07. The highest BCUT2D eigenvalue weighted by Crippen LogP contribution is 2.22. The Hall–Kier alpha value is -2.50. The highest BCUT2D eigenvalue weighted by Gasteiger charge is 2.13. The number of anilines is 2. The summed E-state index contributed by atoms with van der Waals surface area (Å²) in [6.07, 6.45) is 7.32. The van der Waals surface area contributed by atoms with Crippen molar-refractivity contribution in [2.45, 2.75) is 13.5 Å². The number of nitrogens with zero attached hydrogens (tertiary/aromatic N) is 4. The molecule has 0 aliphatic carbocycles. The molecule has 0 aliphatic heterocycles. The van der Waals surface area contributed by atoms with Gasteiger partial charge >= 0.3 is 0 Å². The summed E-state index contributed by atoms with van der Waals surface area (Å²) in [4.78, 5) is 11.0. The summed E-state index contributed by atoms with van der Waals surface area (Å²) in [7, 11) is 3.86. The van der Waals surface area contributed by atoms with Crippen molar-refractivity contribution < 1.29 is 4.42 Å². The van der Waals surface area contributed by atoms with Gasteiger partial charge in [0.15, 0.2) is 11.5 Å². The molecule has 3 aromatic heterocycles. The molecule has 0 aliphatic rings. The lowest BCUT2D eigenvalue weighted by atomic mass is 10.2. The van der Waals surface area contributed by atoms with E-state index in [1.807, 2.05) is 43.9 Å². The molecular formula is C14H17N5O. The molecule has 0 bridgehead atoms. The van der Waals surface area contributed by atoms with Crippen LogP contribution in [0.25, 0.3) is 5.65 Å². The monoisotopic (exact) mass is 271 g/mol. The van der Waals surface area contributed by atoms with E-state index >= 15 is 0 Å². The summed E-state index contributed by atoms with van der Waals surface area (Å²) in [5.41, 5.74) is 1.99. The molecule has 104 valence electrons. The molecule has 1 N–H and O–H groups in total. The van der Waals surface area contributed by atoms with Crippen LogP contribution in [0.1, 0.15) is 11.3 Å². The minimum atomic E-state index is 0.727. The second-order valence-electron chi connectivity index (χ2n) is 4.72. The maximum absolute atomic E-state index is 5.34. The fourth-order valence-electron chi connectivity index (χ4n) is 2.20. The summed E-state index contributed by atoms with van der Waals surface area (Å²) in [6.45, 7) is 2.69. The van der Waals surface area contributed by atoms with Gasteiger partial charge in [0.25, 0.3) is 0 Å². The Morgan fingerprint density at radius 2 is 2.30 bits per heavy atom. The van der Waals surface area contributed by atoms with Crippen LogP contribution in [0.2, 0.25) is 0 Å². The maximum Gasteiger partial charge on any atom is 0.180 e. The normalized spacial score (nSPS) is 10.9. The van der Waals surface area contributed by atoms with Crippen molar-refractivity contribution in [3.05, 3.63) is 42.2 Å². The predicted octanol–water partition coefficient (Wildman–Crippen LogP) is 2.31. The molecule has 0 saturated carbocycles. The van der Waals surface area contributed by atoms with Crippen molar-refractivity contribution >= 4 is 17.3 Å². The molecule has 0 unspecified atom stereocenters. The van der Waals surface area contributed by atoms with E-state index in [2.05, 4.69) is 20.2 Å². The van der Waals surface area contributed by atoms with Crippen LogP contribution in [0, 0.1) is 6.92 Å². The fourth-order valence-corrected chi connectivity index (χ4v) is 2.20. The number of aromatic nitrogens is 3. The minimum absolute atomic E-state index is 0.727. The number of hydrogen-bond acceptors (Lipinski definition) is 5. The van der Waals surface area contributed by atoms with Crippen LogP contribution in [0.3, 0.4) is 0 Å². The Morgan fingerprint density at radius 1 is 1.45 bits per heavy atom.